The third-order valence-corrected chi connectivity index (χ3v) is 7.35. The summed E-state index contributed by atoms with van der Waals surface area (Å²) in [5.74, 6) is 0.773. The Labute approximate surface area is 177 Å². The van der Waals surface area contributed by atoms with Crippen molar-refractivity contribution in [2.45, 2.75) is 42.7 Å². The highest BCUT2D eigenvalue weighted by Crippen LogP contribution is 2.27. The number of para-hydroxylation sites is 1. The number of benzene rings is 1. The van der Waals surface area contributed by atoms with Crippen molar-refractivity contribution < 1.29 is 8.42 Å². The summed E-state index contributed by atoms with van der Waals surface area (Å²) in [6.45, 7) is 0. The van der Waals surface area contributed by atoms with Crippen molar-refractivity contribution in [2.24, 2.45) is 7.05 Å². The Morgan fingerprint density at radius 1 is 1.13 bits per heavy atom. The summed E-state index contributed by atoms with van der Waals surface area (Å²) in [5, 5.41) is 8.48. The molecule has 0 saturated heterocycles. The van der Waals surface area contributed by atoms with Gasteiger partial charge < -0.3 is 10.2 Å². The molecule has 1 saturated carbocycles. The van der Waals surface area contributed by atoms with E-state index in [-0.39, 0.29) is 4.90 Å². The van der Waals surface area contributed by atoms with Crippen molar-refractivity contribution in [3.05, 3.63) is 42.7 Å². The van der Waals surface area contributed by atoms with Crippen molar-refractivity contribution in [3.8, 4) is 0 Å². The van der Waals surface area contributed by atoms with E-state index in [2.05, 4.69) is 25.0 Å². The Morgan fingerprint density at radius 2 is 1.93 bits per heavy atom. The van der Waals surface area contributed by atoms with Gasteiger partial charge in [0.25, 0.3) is 10.0 Å². The van der Waals surface area contributed by atoms with E-state index in [1.165, 1.54) is 19.0 Å². The molecule has 0 spiro atoms. The number of aryl methyl sites for hydroxylation is 1. The molecule has 0 bridgehead atoms. The average Bonchev–Trinajstić information content (AvgIpc) is 3.15. The third kappa shape index (κ3) is 3.87. The van der Waals surface area contributed by atoms with E-state index in [0.29, 0.717) is 17.8 Å². The van der Waals surface area contributed by atoms with Crippen LogP contribution in [-0.2, 0) is 17.1 Å². The largest absolute Gasteiger partial charge is 0.355 e. The van der Waals surface area contributed by atoms with E-state index in [1.54, 1.807) is 42.2 Å². The molecule has 8 nitrogen and oxygen atoms in total. The van der Waals surface area contributed by atoms with E-state index >= 15 is 0 Å². The Hall–Kier alpha value is -2.65. The zero-order chi connectivity index (χ0) is 21.3. The van der Waals surface area contributed by atoms with Gasteiger partial charge in [-0.05, 0) is 38.1 Å². The number of rotatable bonds is 6. The molecule has 160 valence electrons. The van der Waals surface area contributed by atoms with Gasteiger partial charge in [0, 0.05) is 37.8 Å². The van der Waals surface area contributed by atoms with Crippen LogP contribution in [0.1, 0.15) is 25.7 Å². The number of pyridine rings is 1. The van der Waals surface area contributed by atoms with Crippen molar-refractivity contribution in [1.82, 2.24) is 20.1 Å². The summed E-state index contributed by atoms with van der Waals surface area (Å²) in [5.41, 5.74) is 1.23. The van der Waals surface area contributed by atoms with Gasteiger partial charge in [-0.15, -0.1) is 0 Å². The first-order valence-corrected chi connectivity index (χ1v) is 11.7. The van der Waals surface area contributed by atoms with Crippen LogP contribution in [0.5, 0.6) is 0 Å². The van der Waals surface area contributed by atoms with Crippen molar-refractivity contribution >= 4 is 32.4 Å². The zero-order valence-corrected chi connectivity index (χ0v) is 18.4. The predicted molar refractivity (Wildman–Crippen MR) is 119 cm³/mol. The molecule has 0 amide bonds. The number of aromatic nitrogens is 3. The van der Waals surface area contributed by atoms with E-state index in [0.717, 1.165) is 29.6 Å². The van der Waals surface area contributed by atoms with Crippen LogP contribution < -0.4 is 14.9 Å². The molecule has 0 radical (unpaired) electrons. The minimum absolute atomic E-state index is 0.132. The van der Waals surface area contributed by atoms with Gasteiger partial charge in [-0.1, -0.05) is 25.0 Å². The van der Waals surface area contributed by atoms with Crippen LogP contribution in [0.2, 0.25) is 0 Å². The number of fused-ring (bicyclic) bond motifs is 1. The first-order valence-electron chi connectivity index (χ1n) is 10.2. The molecule has 2 N–H and O–H groups in total. The number of nitrogens with one attached hydrogen (secondary N) is 2. The molecule has 2 atom stereocenters. The molecule has 3 aromatic rings. The first kappa shape index (κ1) is 20.6. The summed E-state index contributed by atoms with van der Waals surface area (Å²) in [6.07, 6.45) is 7.80. The molecule has 9 heteroatoms. The molecule has 30 heavy (non-hydrogen) atoms. The quantitative estimate of drug-likeness (QED) is 0.627. The molecule has 0 unspecified atom stereocenters. The van der Waals surface area contributed by atoms with Crippen LogP contribution >= 0.6 is 0 Å². The number of sulfonamides is 1. The molecule has 2 heterocycles. The Balaban J connectivity index is 1.56. The smallest absolute Gasteiger partial charge is 0.263 e. The highest BCUT2D eigenvalue weighted by Gasteiger charge is 2.28. The minimum Gasteiger partial charge on any atom is -0.355 e. The topological polar surface area (TPSA) is 92.2 Å². The van der Waals surface area contributed by atoms with E-state index in [4.69, 9.17) is 0 Å². The number of hydrogen-bond donors (Lipinski definition) is 2. The molecule has 1 aromatic carbocycles. The normalized spacial score (nSPS) is 19.7. The molecule has 2 aromatic heterocycles. The van der Waals surface area contributed by atoms with Gasteiger partial charge in [0.05, 0.1) is 17.4 Å². The van der Waals surface area contributed by atoms with Crippen molar-refractivity contribution in [2.75, 3.05) is 23.7 Å². The highest BCUT2D eigenvalue weighted by molar-refractivity contribution is 7.92. The number of hydrogen-bond acceptors (Lipinski definition) is 6. The summed E-state index contributed by atoms with van der Waals surface area (Å²) in [6, 6.07) is 9.59. The second-order valence-electron chi connectivity index (χ2n) is 7.83. The first-order chi connectivity index (χ1) is 14.4. The maximum Gasteiger partial charge on any atom is 0.263 e. The molecule has 4 rings (SSSR count). The lowest BCUT2D eigenvalue weighted by molar-refractivity contribution is 0.334. The monoisotopic (exact) mass is 428 g/mol. The lowest BCUT2D eigenvalue weighted by atomic mass is 9.89. The fourth-order valence-corrected chi connectivity index (χ4v) is 5.35. The lowest BCUT2D eigenvalue weighted by Gasteiger charge is -2.38. The maximum absolute atomic E-state index is 13.0. The van der Waals surface area contributed by atoms with Crippen LogP contribution in [0.4, 0.5) is 11.5 Å². The SMILES string of the molecule is CN[C@@H]1CCCC[C@H]1N(C)c1ccc(S(=O)(=O)Nc2cccc3cnn(C)c23)cn1. The lowest BCUT2D eigenvalue weighted by Crippen LogP contribution is -2.49. The van der Waals surface area contributed by atoms with E-state index < -0.39 is 10.0 Å². The van der Waals surface area contributed by atoms with E-state index in [1.807, 2.05) is 20.2 Å². The summed E-state index contributed by atoms with van der Waals surface area (Å²) >= 11 is 0. The summed E-state index contributed by atoms with van der Waals surface area (Å²) in [4.78, 5) is 6.75. The number of anilines is 2. The van der Waals surface area contributed by atoms with Crippen LogP contribution in [0, 0.1) is 0 Å². The molecule has 1 aliphatic rings. The molecular weight excluding hydrogens is 400 g/mol. The molecule has 0 aliphatic heterocycles. The fourth-order valence-electron chi connectivity index (χ4n) is 4.34. The number of nitrogens with zero attached hydrogens (tertiary/aromatic N) is 4. The van der Waals surface area contributed by atoms with Gasteiger partial charge >= 0.3 is 0 Å². The van der Waals surface area contributed by atoms with Crippen LogP contribution in [-0.4, -0.2) is 49.4 Å². The Morgan fingerprint density at radius 3 is 2.67 bits per heavy atom. The van der Waals surface area contributed by atoms with Gasteiger partial charge in [-0.3, -0.25) is 9.40 Å². The summed E-state index contributed by atoms with van der Waals surface area (Å²) in [7, 11) is 2.04. The van der Waals surface area contributed by atoms with Crippen molar-refractivity contribution in [1.29, 1.82) is 0 Å². The third-order valence-electron chi connectivity index (χ3n) is 6.00. The number of likely N-dealkylation sites (N-methyl/N-ethyl adjacent to an activating group) is 2. The highest BCUT2D eigenvalue weighted by atomic mass is 32.2. The van der Waals surface area contributed by atoms with Crippen LogP contribution in [0.15, 0.2) is 47.6 Å². The molecule has 1 fully saturated rings. The zero-order valence-electron chi connectivity index (χ0n) is 17.5. The van der Waals surface area contributed by atoms with Crippen LogP contribution in [0.3, 0.4) is 0 Å². The van der Waals surface area contributed by atoms with Gasteiger partial charge in [-0.2, -0.15) is 5.10 Å². The standard InChI is InChI=1S/C21H28N6O2S/c1-22-17-8-4-5-10-19(17)26(2)20-12-11-16(14-23-20)30(28,29)25-18-9-6-7-15-13-24-27(3)21(15)18/h6-7,9,11-14,17,19,22,25H,4-5,8,10H2,1-3H3/t17-,19-/m1/s1. The van der Waals surface area contributed by atoms with Gasteiger partial charge in [0.15, 0.2) is 0 Å². The van der Waals surface area contributed by atoms with Gasteiger partial charge in [0.1, 0.15) is 10.7 Å². The predicted octanol–water partition coefficient (Wildman–Crippen LogP) is 2.74. The second-order valence-corrected chi connectivity index (χ2v) is 9.51. The second kappa shape index (κ2) is 8.23. The molecular formula is C21H28N6O2S. The Bertz CT molecular complexity index is 1130. The summed E-state index contributed by atoms with van der Waals surface area (Å²) < 4.78 is 30.2. The van der Waals surface area contributed by atoms with Gasteiger partial charge in [-0.25, -0.2) is 13.4 Å². The molecule has 1 aliphatic carbocycles. The minimum atomic E-state index is -3.77. The fraction of sp³-hybridized carbons (Fsp3) is 0.429. The average molecular weight is 429 g/mol. The van der Waals surface area contributed by atoms with E-state index in [9.17, 15) is 8.42 Å². The van der Waals surface area contributed by atoms with Crippen LogP contribution in [0.25, 0.3) is 10.9 Å². The van der Waals surface area contributed by atoms with Crippen molar-refractivity contribution in [3.63, 3.8) is 0 Å². The Kier molecular flexibility index (Phi) is 5.66. The van der Waals surface area contributed by atoms with Gasteiger partial charge in [0.2, 0.25) is 0 Å². The maximum atomic E-state index is 13.0.